The van der Waals surface area contributed by atoms with E-state index in [0.717, 1.165) is 0 Å². The smallest absolute Gasteiger partial charge is 0.256 e. The lowest BCUT2D eigenvalue weighted by Crippen LogP contribution is -2.13. The molecule has 1 amide bonds. The second-order valence-electron chi connectivity index (χ2n) is 3.99. The lowest BCUT2D eigenvalue weighted by Gasteiger charge is -2.10. The van der Waals surface area contributed by atoms with Crippen molar-refractivity contribution in [2.24, 2.45) is 0 Å². The van der Waals surface area contributed by atoms with Gasteiger partial charge in [-0.15, -0.1) is 0 Å². The van der Waals surface area contributed by atoms with Crippen molar-refractivity contribution >= 4 is 39.1 Å². The molecule has 0 fully saturated rings. The summed E-state index contributed by atoms with van der Waals surface area (Å²) >= 11 is 9.14. The molecule has 19 heavy (non-hydrogen) atoms. The van der Waals surface area contributed by atoms with E-state index in [1.54, 1.807) is 37.3 Å². The van der Waals surface area contributed by atoms with Gasteiger partial charge in [-0.2, -0.15) is 0 Å². The van der Waals surface area contributed by atoms with Crippen LogP contribution in [-0.2, 0) is 0 Å². The van der Waals surface area contributed by atoms with E-state index in [-0.39, 0.29) is 11.7 Å². The third-order valence-electron chi connectivity index (χ3n) is 2.69. The number of anilines is 1. The predicted octanol–water partition coefficient (Wildman–Crippen LogP) is 4.80. The molecule has 0 heterocycles. The Balaban J connectivity index is 2.31. The molecule has 0 unspecified atom stereocenters. The minimum atomic E-state index is -0.358. The molecular formula is C14H10BrClFNO. The van der Waals surface area contributed by atoms with Crippen molar-refractivity contribution in [3.63, 3.8) is 0 Å². The van der Waals surface area contributed by atoms with Gasteiger partial charge >= 0.3 is 0 Å². The quantitative estimate of drug-likeness (QED) is 0.834. The van der Waals surface area contributed by atoms with Crippen LogP contribution in [0.4, 0.5) is 10.1 Å². The van der Waals surface area contributed by atoms with E-state index in [1.807, 2.05) is 0 Å². The summed E-state index contributed by atoms with van der Waals surface area (Å²) in [6, 6.07) is 9.46. The number of carbonyl (C=O) groups excluding carboxylic acids is 1. The van der Waals surface area contributed by atoms with E-state index < -0.39 is 0 Å². The van der Waals surface area contributed by atoms with Gasteiger partial charge in [0.1, 0.15) is 5.82 Å². The van der Waals surface area contributed by atoms with Crippen LogP contribution in [0.2, 0.25) is 5.02 Å². The van der Waals surface area contributed by atoms with E-state index >= 15 is 0 Å². The predicted molar refractivity (Wildman–Crippen MR) is 78.2 cm³/mol. The Hall–Kier alpha value is -1.39. The van der Waals surface area contributed by atoms with Gasteiger partial charge in [0.2, 0.25) is 0 Å². The molecule has 0 saturated carbocycles. The standard InChI is InChI=1S/C14H10BrClFNO/c1-8-12(17)3-2-4-13(8)18-14(19)10-7-9(16)5-6-11(10)15/h2-7H,1H3,(H,18,19). The van der Waals surface area contributed by atoms with Crippen LogP contribution in [-0.4, -0.2) is 5.91 Å². The van der Waals surface area contributed by atoms with Gasteiger partial charge in [-0.1, -0.05) is 17.7 Å². The summed E-state index contributed by atoms with van der Waals surface area (Å²) in [5.74, 6) is -0.703. The number of amides is 1. The Kier molecular flexibility index (Phi) is 4.22. The van der Waals surface area contributed by atoms with E-state index in [0.29, 0.717) is 26.3 Å². The second kappa shape index (κ2) is 5.72. The van der Waals surface area contributed by atoms with Crippen molar-refractivity contribution in [1.82, 2.24) is 0 Å². The molecule has 98 valence electrons. The summed E-state index contributed by atoms with van der Waals surface area (Å²) in [7, 11) is 0. The van der Waals surface area contributed by atoms with Crippen molar-refractivity contribution in [3.05, 3.63) is 62.8 Å². The summed E-state index contributed by atoms with van der Waals surface area (Å²) in [5, 5.41) is 3.13. The normalized spacial score (nSPS) is 10.3. The molecule has 0 aliphatic carbocycles. The van der Waals surface area contributed by atoms with Crippen molar-refractivity contribution in [1.29, 1.82) is 0 Å². The Morgan fingerprint density at radius 2 is 2.05 bits per heavy atom. The summed E-state index contributed by atoms with van der Waals surface area (Å²) in [6.45, 7) is 1.61. The van der Waals surface area contributed by atoms with Gasteiger partial charge in [0.05, 0.1) is 5.56 Å². The number of rotatable bonds is 2. The number of hydrogen-bond donors (Lipinski definition) is 1. The number of hydrogen-bond acceptors (Lipinski definition) is 1. The molecule has 0 aromatic heterocycles. The number of carbonyl (C=O) groups is 1. The van der Waals surface area contributed by atoms with Gasteiger partial charge in [0.25, 0.3) is 5.91 Å². The molecule has 0 saturated heterocycles. The highest BCUT2D eigenvalue weighted by Crippen LogP contribution is 2.23. The van der Waals surface area contributed by atoms with Crippen LogP contribution < -0.4 is 5.32 Å². The van der Waals surface area contributed by atoms with E-state index in [1.165, 1.54) is 6.07 Å². The molecule has 2 rings (SSSR count). The van der Waals surface area contributed by atoms with Crippen molar-refractivity contribution in [2.45, 2.75) is 6.92 Å². The molecule has 0 spiro atoms. The summed E-state index contributed by atoms with van der Waals surface area (Å²) in [6.07, 6.45) is 0. The lowest BCUT2D eigenvalue weighted by atomic mass is 10.1. The Morgan fingerprint density at radius 1 is 1.32 bits per heavy atom. The van der Waals surface area contributed by atoms with Gasteiger partial charge in [0.15, 0.2) is 0 Å². The lowest BCUT2D eigenvalue weighted by molar-refractivity contribution is 0.102. The van der Waals surface area contributed by atoms with Crippen molar-refractivity contribution in [2.75, 3.05) is 5.32 Å². The molecule has 1 N–H and O–H groups in total. The van der Waals surface area contributed by atoms with Crippen LogP contribution in [0.1, 0.15) is 15.9 Å². The Bertz CT molecular complexity index is 645. The van der Waals surface area contributed by atoms with Crippen molar-refractivity contribution < 1.29 is 9.18 Å². The highest BCUT2D eigenvalue weighted by molar-refractivity contribution is 9.10. The molecule has 0 bridgehead atoms. The van der Waals surface area contributed by atoms with E-state index in [4.69, 9.17) is 11.6 Å². The van der Waals surface area contributed by atoms with Crippen LogP contribution in [0.15, 0.2) is 40.9 Å². The Morgan fingerprint density at radius 3 is 2.79 bits per heavy atom. The first-order valence-electron chi connectivity index (χ1n) is 5.50. The highest BCUT2D eigenvalue weighted by atomic mass is 79.9. The van der Waals surface area contributed by atoms with Crippen LogP contribution in [0.5, 0.6) is 0 Å². The first-order valence-corrected chi connectivity index (χ1v) is 6.67. The molecule has 0 atom stereocenters. The average molecular weight is 343 g/mol. The second-order valence-corrected chi connectivity index (χ2v) is 5.28. The van der Waals surface area contributed by atoms with Crippen LogP contribution in [0.3, 0.4) is 0 Å². The monoisotopic (exact) mass is 341 g/mol. The zero-order valence-corrected chi connectivity index (χ0v) is 12.3. The molecule has 0 radical (unpaired) electrons. The first kappa shape index (κ1) is 14.0. The van der Waals surface area contributed by atoms with Crippen LogP contribution in [0.25, 0.3) is 0 Å². The zero-order chi connectivity index (χ0) is 14.0. The fraction of sp³-hybridized carbons (Fsp3) is 0.0714. The van der Waals surface area contributed by atoms with E-state index in [2.05, 4.69) is 21.2 Å². The molecule has 2 nitrogen and oxygen atoms in total. The van der Waals surface area contributed by atoms with E-state index in [9.17, 15) is 9.18 Å². The number of nitrogens with one attached hydrogen (secondary N) is 1. The average Bonchev–Trinajstić information content (AvgIpc) is 2.38. The molecule has 0 aliphatic heterocycles. The molecule has 5 heteroatoms. The fourth-order valence-corrected chi connectivity index (χ4v) is 2.20. The van der Waals surface area contributed by atoms with Gasteiger partial charge in [-0.05, 0) is 53.2 Å². The molecular weight excluding hydrogens is 333 g/mol. The third kappa shape index (κ3) is 3.14. The van der Waals surface area contributed by atoms with Crippen molar-refractivity contribution in [3.8, 4) is 0 Å². The maximum Gasteiger partial charge on any atom is 0.256 e. The topological polar surface area (TPSA) is 29.1 Å². The number of benzene rings is 2. The minimum absolute atomic E-state index is 0.344. The van der Waals surface area contributed by atoms with Gasteiger partial charge in [0, 0.05) is 20.7 Å². The largest absolute Gasteiger partial charge is 0.322 e. The maximum absolute atomic E-state index is 13.4. The number of halogens is 3. The fourth-order valence-electron chi connectivity index (χ4n) is 1.60. The third-order valence-corrected chi connectivity index (χ3v) is 3.62. The summed E-state index contributed by atoms with van der Waals surface area (Å²) < 4.78 is 14.0. The van der Waals surface area contributed by atoms with Gasteiger partial charge < -0.3 is 5.32 Å². The first-order chi connectivity index (χ1) is 8.99. The molecule has 2 aromatic carbocycles. The molecule has 2 aromatic rings. The van der Waals surface area contributed by atoms with Gasteiger partial charge in [-0.25, -0.2) is 4.39 Å². The highest BCUT2D eigenvalue weighted by Gasteiger charge is 2.13. The van der Waals surface area contributed by atoms with Gasteiger partial charge in [-0.3, -0.25) is 4.79 Å². The summed E-state index contributed by atoms with van der Waals surface area (Å²) in [5.41, 5.74) is 1.24. The van der Waals surface area contributed by atoms with Crippen LogP contribution >= 0.6 is 27.5 Å². The van der Waals surface area contributed by atoms with Crippen LogP contribution in [0, 0.1) is 12.7 Å². The zero-order valence-electron chi connectivity index (χ0n) is 10.0. The minimum Gasteiger partial charge on any atom is -0.322 e. The summed E-state index contributed by atoms with van der Waals surface area (Å²) in [4.78, 5) is 12.1. The SMILES string of the molecule is Cc1c(F)cccc1NC(=O)c1cc(Cl)ccc1Br. The molecule has 0 aliphatic rings. The Labute approximate surface area is 123 Å². The maximum atomic E-state index is 13.4.